The van der Waals surface area contributed by atoms with Crippen LogP contribution in [0.1, 0.15) is 5.56 Å². The molecule has 0 saturated carbocycles. The Labute approximate surface area is 94.7 Å². The van der Waals surface area contributed by atoms with Gasteiger partial charge in [0, 0.05) is 37.9 Å². The predicted molar refractivity (Wildman–Crippen MR) is 62.9 cm³/mol. The van der Waals surface area contributed by atoms with Crippen molar-refractivity contribution in [1.82, 2.24) is 5.32 Å². The van der Waals surface area contributed by atoms with Gasteiger partial charge in [0.25, 0.3) is 0 Å². The van der Waals surface area contributed by atoms with Gasteiger partial charge in [-0.05, 0) is 18.6 Å². The van der Waals surface area contributed by atoms with Crippen LogP contribution in [0.15, 0.2) is 12.1 Å². The van der Waals surface area contributed by atoms with E-state index in [-0.39, 0.29) is 5.75 Å². The maximum absolute atomic E-state index is 9.64. The molecule has 1 aliphatic rings. The van der Waals surface area contributed by atoms with Crippen LogP contribution >= 0.6 is 11.6 Å². The fourth-order valence-electron chi connectivity index (χ4n) is 1.84. The lowest BCUT2D eigenvalue weighted by atomic mass is 10.2. The second-order valence-corrected chi connectivity index (χ2v) is 4.21. The topological polar surface area (TPSA) is 35.5 Å². The molecule has 2 rings (SSSR count). The Bertz CT molecular complexity index is 339. The number of phenols is 1. The Morgan fingerprint density at radius 1 is 1.33 bits per heavy atom. The molecule has 0 unspecified atom stereocenters. The Kier molecular flexibility index (Phi) is 3.03. The molecule has 1 aromatic carbocycles. The monoisotopic (exact) mass is 226 g/mol. The summed E-state index contributed by atoms with van der Waals surface area (Å²) in [7, 11) is 0. The summed E-state index contributed by atoms with van der Waals surface area (Å²) < 4.78 is 0. The summed E-state index contributed by atoms with van der Waals surface area (Å²) in [6, 6.07) is 3.76. The summed E-state index contributed by atoms with van der Waals surface area (Å²) in [6.45, 7) is 5.83. The molecule has 0 aromatic heterocycles. The summed E-state index contributed by atoms with van der Waals surface area (Å²) in [5.41, 5.74) is 1.97. The number of halogens is 1. The molecule has 1 fully saturated rings. The molecule has 1 heterocycles. The van der Waals surface area contributed by atoms with Crippen molar-refractivity contribution in [3.63, 3.8) is 0 Å². The second-order valence-electron chi connectivity index (χ2n) is 3.83. The number of piperazine rings is 1. The third-order valence-corrected chi connectivity index (χ3v) is 3.19. The predicted octanol–water partition coefficient (Wildman–Crippen LogP) is 1.76. The van der Waals surface area contributed by atoms with E-state index < -0.39 is 0 Å². The first kappa shape index (κ1) is 10.6. The van der Waals surface area contributed by atoms with E-state index in [2.05, 4.69) is 10.2 Å². The van der Waals surface area contributed by atoms with Crippen molar-refractivity contribution >= 4 is 17.3 Å². The lowest BCUT2D eigenvalue weighted by Crippen LogP contribution is -2.43. The summed E-state index contributed by atoms with van der Waals surface area (Å²) in [6.07, 6.45) is 0. The van der Waals surface area contributed by atoms with Gasteiger partial charge in [0.2, 0.25) is 0 Å². The number of phenolic OH excluding ortho intramolecular Hbond substituents is 1. The van der Waals surface area contributed by atoms with Crippen molar-refractivity contribution in [3.8, 4) is 5.75 Å². The van der Waals surface area contributed by atoms with Crippen molar-refractivity contribution in [2.45, 2.75) is 6.92 Å². The lowest BCUT2D eigenvalue weighted by Gasteiger charge is -2.29. The SMILES string of the molecule is Cc1cc(N2CCNCC2)cc(O)c1Cl. The second kappa shape index (κ2) is 4.29. The number of rotatable bonds is 1. The van der Waals surface area contributed by atoms with Gasteiger partial charge in [0.05, 0.1) is 5.02 Å². The quantitative estimate of drug-likeness (QED) is 0.766. The van der Waals surface area contributed by atoms with E-state index >= 15 is 0 Å². The normalized spacial score (nSPS) is 16.8. The molecule has 0 bridgehead atoms. The number of aryl methyl sites for hydroxylation is 1. The van der Waals surface area contributed by atoms with Gasteiger partial charge in [0.15, 0.2) is 0 Å². The molecular formula is C11H15ClN2O. The molecule has 0 radical (unpaired) electrons. The first-order valence-electron chi connectivity index (χ1n) is 5.13. The molecule has 0 aliphatic carbocycles. The Morgan fingerprint density at radius 3 is 2.60 bits per heavy atom. The van der Waals surface area contributed by atoms with Crippen LogP contribution in [0.25, 0.3) is 0 Å². The van der Waals surface area contributed by atoms with Crippen LogP contribution in [0.4, 0.5) is 5.69 Å². The smallest absolute Gasteiger partial charge is 0.136 e. The van der Waals surface area contributed by atoms with E-state index in [1.807, 2.05) is 13.0 Å². The molecule has 1 saturated heterocycles. The van der Waals surface area contributed by atoms with Crippen molar-refractivity contribution in [2.75, 3.05) is 31.1 Å². The van der Waals surface area contributed by atoms with E-state index in [0.717, 1.165) is 37.4 Å². The minimum absolute atomic E-state index is 0.171. The molecule has 0 atom stereocenters. The minimum Gasteiger partial charge on any atom is -0.506 e. The zero-order valence-electron chi connectivity index (χ0n) is 8.76. The van der Waals surface area contributed by atoms with Gasteiger partial charge >= 0.3 is 0 Å². The summed E-state index contributed by atoms with van der Waals surface area (Å²) in [4.78, 5) is 2.25. The van der Waals surface area contributed by atoms with Gasteiger partial charge < -0.3 is 15.3 Å². The number of benzene rings is 1. The molecule has 82 valence electrons. The zero-order chi connectivity index (χ0) is 10.8. The summed E-state index contributed by atoms with van der Waals surface area (Å²) >= 11 is 5.91. The highest BCUT2D eigenvalue weighted by atomic mass is 35.5. The van der Waals surface area contributed by atoms with Gasteiger partial charge in [-0.1, -0.05) is 11.6 Å². The highest BCUT2D eigenvalue weighted by Gasteiger charge is 2.13. The van der Waals surface area contributed by atoms with Crippen LogP contribution in [0.5, 0.6) is 5.75 Å². The Balaban J connectivity index is 2.27. The molecule has 3 nitrogen and oxygen atoms in total. The van der Waals surface area contributed by atoms with Gasteiger partial charge in [-0.25, -0.2) is 0 Å². The van der Waals surface area contributed by atoms with Crippen molar-refractivity contribution in [2.24, 2.45) is 0 Å². The van der Waals surface area contributed by atoms with E-state index in [9.17, 15) is 5.11 Å². The zero-order valence-corrected chi connectivity index (χ0v) is 9.51. The number of aromatic hydroxyl groups is 1. The standard InChI is InChI=1S/C11H15ClN2O/c1-8-6-9(7-10(15)11(8)12)14-4-2-13-3-5-14/h6-7,13,15H,2-5H2,1H3. The van der Waals surface area contributed by atoms with Crippen LogP contribution in [0, 0.1) is 6.92 Å². The molecule has 2 N–H and O–H groups in total. The molecule has 4 heteroatoms. The van der Waals surface area contributed by atoms with Crippen LogP contribution < -0.4 is 10.2 Å². The van der Waals surface area contributed by atoms with Crippen LogP contribution in [-0.2, 0) is 0 Å². The van der Waals surface area contributed by atoms with E-state index in [4.69, 9.17) is 11.6 Å². The first-order chi connectivity index (χ1) is 7.18. The average molecular weight is 227 g/mol. The minimum atomic E-state index is 0.171. The third-order valence-electron chi connectivity index (χ3n) is 2.70. The van der Waals surface area contributed by atoms with Crippen molar-refractivity contribution in [1.29, 1.82) is 0 Å². The van der Waals surface area contributed by atoms with E-state index in [0.29, 0.717) is 5.02 Å². The number of nitrogens with one attached hydrogen (secondary N) is 1. The van der Waals surface area contributed by atoms with Crippen molar-refractivity contribution in [3.05, 3.63) is 22.7 Å². The summed E-state index contributed by atoms with van der Waals surface area (Å²) in [5, 5.41) is 13.4. The number of hydrogen-bond acceptors (Lipinski definition) is 3. The van der Waals surface area contributed by atoms with Gasteiger partial charge in [0.1, 0.15) is 5.75 Å². The molecule has 15 heavy (non-hydrogen) atoms. The van der Waals surface area contributed by atoms with Crippen LogP contribution in [0.3, 0.4) is 0 Å². The van der Waals surface area contributed by atoms with Gasteiger partial charge in [-0.2, -0.15) is 0 Å². The molecule has 0 amide bonds. The van der Waals surface area contributed by atoms with Gasteiger partial charge in [-0.3, -0.25) is 0 Å². The van der Waals surface area contributed by atoms with E-state index in [1.54, 1.807) is 6.07 Å². The number of anilines is 1. The molecule has 0 spiro atoms. The molecule has 1 aliphatic heterocycles. The van der Waals surface area contributed by atoms with E-state index in [1.165, 1.54) is 0 Å². The summed E-state index contributed by atoms with van der Waals surface area (Å²) in [5.74, 6) is 0.171. The Morgan fingerprint density at radius 2 is 2.00 bits per heavy atom. The maximum atomic E-state index is 9.64. The average Bonchev–Trinajstić information content (AvgIpc) is 2.26. The first-order valence-corrected chi connectivity index (χ1v) is 5.51. The highest BCUT2D eigenvalue weighted by Crippen LogP contribution is 2.32. The van der Waals surface area contributed by atoms with Crippen LogP contribution in [-0.4, -0.2) is 31.3 Å². The fraction of sp³-hybridized carbons (Fsp3) is 0.455. The third kappa shape index (κ3) is 2.19. The van der Waals surface area contributed by atoms with Crippen molar-refractivity contribution < 1.29 is 5.11 Å². The number of nitrogens with zero attached hydrogens (tertiary/aromatic N) is 1. The van der Waals surface area contributed by atoms with Gasteiger partial charge in [-0.15, -0.1) is 0 Å². The fourth-order valence-corrected chi connectivity index (χ4v) is 1.95. The lowest BCUT2D eigenvalue weighted by molar-refractivity contribution is 0.474. The Hall–Kier alpha value is -0.930. The van der Waals surface area contributed by atoms with Crippen LogP contribution in [0.2, 0.25) is 5.02 Å². The largest absolute Gasteiger partial charge is 0.506 e. The number of hydrogen-bond donors (Lipinski definition) is 2. The molecule has 1 aromatic rings. The highest BCUT2D eigenvalue weighted by molar-refractivity contribution is 6.32. The molecular weight excluding hydrogens is 212 g/mol. The maximum Gasteiger partial charge on any atom is 0.136 e.